The average molecular weight is 357 g/mol. The lowest BCUT2D eigenvalue weighted by Gasteiger charge is -2.16. The summed E-state index contributed by atoms with van der Waals surface area (Å²) in [6.45, 7) is 3.16. The van der Waals surface area contributed by atoms with Crippen molar-refractivity contribution in [1.29, 1.82) is 0 Å². The Bertz CT molecular complexity index is 714. The number of aryl methyl sites for hydroxylation is 2. The topological polar surface area (TPSA) is 48.3 Å². The molecule has 1 heterocycles. The highest BCUT2D eigenvalue weighted by molar-refractivity contribution is 5.43. The van der Waals surface area contributed by atoms with Crippen LogP contribution >= 0.6 is 0 Å². The van der Waals surface area contributed by atoms with Crippen LogP contribution in [0.2, 0.25) is 0 Å². The molecule has 1 aromatic heterocycles. The van der Waals surface area contributed by atoms with E-state index in [4.69, 9.17) is 9.47 Å². The largest absolute Gasteiger partial charge is 0.493 e. The molecule has 2 aromatic rings. The predicted molar refractivity (Wildman–Crippen MR) is 87.7 cm³/mol. The SMILES string of the molecule is COc1cc(CNC(C)c2cn(C)nc2C)ccc1OCC(F)(F)F. The van der Waals surface area contributed by atoms with Gasteiger partial charge >= 0.3 is 6.18 Å². The third kappa shape index (κ3) is 5.38. The molecule has 0 aliphatic carbocycles. The highest BCUT2D eigenvalue weighted by Crippen LogP contribution is 2.30. The van der Waals surface area contributed by atoms with E-state index in [2.05, 4.69) is 10.4 Å². The van der Waals surface area contributed by atoms with Gasteiger partial charge in [0.2, 0.25) is 0 Å². The van der Waals surface area contributed by atoms with E-state index < -0.39 is 12.8 Å². The van der Waals surface area contributed by atoms with Gasteiger partial charge in [-0.3, -0.25) is 4.68 Å². The molecule has 5 nitrogen and oxygen atoms in total. The molecule has 0 aliphatic rings. The van der Waals surface area contributed by atoms with Crippen molar-refractivity contribution in [2.45, 2.75) is 32.6 Å². The minimum atomic E-state index is -4.39. The van der Waals surface area contributed by atoms with Gasteiger partial charge in [0.1, 0.15) is 0 Å². The summed E-state index contributed by atoms with van der Waals surface area (Å²) in [7, 11) is 3.27. The first kappa shape index (κ1) is 19.1. The van der Waals surface area contributed by atoms with Crippen LogP contribution in [0.25, 0.3) is 0 Å². The van der Waals surface area contributed by atoms with Gasteiger partial charge in [-0.15, -0.1) is 0 Å². The van der Waals surface area contributed by atoms with Gasteiger partial charge < -0.3 is 14.8 Å². The zero-order valence-corrected chi connectivity index (χ0v) is 14.6. The van der Waals surface area contributed by atoms with Gasteiger partial charge in [-0.1, -0.05) is 6.07 Å². The summed E-state index contributed by atoms with van der Waals surface area (Å²) in [6.07, 6.45) is -2.43. The van der Waals surface area contributed by atoms with E-state index in [1.54, 1.807) is 16.8 Å². The van der Waals surface area contributed by atoms with Crippen LogP contribution in [0.3, 0.4) is 0 Å². The van der Waals surface area contributed by atoms with Crippen molar-refractivity contribution >= 4 is 0 Å². The number of hydrogen-bond acceptors (Lipinski definition) is 4. The van der Waals surface area contributed by atoms with Crippen LogP contribution in [-0.4, -0.2) is 29.7 Å². The molecule has 25 heavy (non-hydrogen) atoms. The van der Waals surface area contributed by atoms with Crippen molar-refractivity contribution in [3.63, 3.8) is 0 Å². The van der Waals surface area contributed by atoms with Gasteiger partial charge in [-0.2, -0.15) is 18.3 Å². The number of methoxy groups -OCH3 is 1. The van der Waals surface area contributed by atoms with Crippen LogP contribution in [-0.2, 0) is 13.6 Å². The molecule has 0 amide bonds. The molecule has 2 rings (SSSR count). The molecule has 0 bridgehead atoms. The minimum absolute atomic E-state index is 0.0692. The summed E-state index contributed by atoms with van der Waals surface area (Å²) >= 11 is 0. The van der Waals surface area contributed by atoms with E-state index in [1.807, 2.05) is 27.1 Å². The van der Waals surface area contributed by atoms with Crippen LogP contribution in [0.1, 0.15) is 29.8 Å². The standard InChI is InChI=1S/C17H22F3N3O2/c1-11(14-9-23(3)22-12(14)2)21-8-13-5-6-15(16(7-13)24-4)25-10-17(18,19)20/h5-7,9,11,21H,8,10H2,1-4H3. The fraction of sp³-hybridized carbons (Fsp3) is 0.471. The van der Waals surface area contributed by atoms with Crippen molar-refractivity contribution in [1.82, 2.24) is 15.1 Å². The Hall–Kier alpha value is -2.22. The average Bonchev–Trinajstić information content (AvgIpc) is 2.88. The van der Waals surface area contributed by atoms with Crippen molar-refractivity contribution in [3.8, 4) is 11.5 Å². The van der Waals surface area contributed by atoms with E-state index in [9.17, 15) is 13.2 Å². The van der Waals surface area contributed by atoms with Gasteiger partial charge in [0, 0.05) is 31.4 Å². The second-order valence-electron chi connectivity index (χ2n) is 5.84. The second-order valence-corrected chi connectivity index (χ2v) is 5.84. The zero-order valence-electron chi connectivity index (χ0n) is 14.6. The molecule has 0 saturated heterocycles. The molecule has 0 spiro atoms. The zero-order chi connectivity index (χ0) is 18.6. The molecule has 0 fully saturated rings. The van der Waals surface area contributed by atoms with Crippen molar-refractivity contribution in [3.05, 3.63) is 41.2 Å². The number of nitrogens with zero attached hydrogens (tertiary/aromatic N) is 2. The van der Waals surface area contributed by atoms with Crippen LogP contribution in [0.5, 0.6) is 11.5 Å². The van der Waals surface area contributed by atoms with E-state index in [1.165, 1.54) is 13.2 Å². The number of benzene rings is 1. The molecule has 0 saturated carbocycles. The number of aromatic nitrogens is 2. The molecule has 138 valence electrons. The lowest BCUT2D eigenvalue weighted by molar-refractivity contribution is -0.153. The van der Waals surface area contributed by atoms with Crippen LogP contribution in [0.15, 0.2) is 24.4 Å². The Morgan fingerprint density at radius 2 is 2.00 bits per heavy atom. The van der Waals surface area contributed by atoms with E-state index in [-0.39, 0.29) is 17.5 Å². The smallest absolute Gasteiger partial charge is 0.422 e. The molecule has 0 aliphatic heterocycles. The summed E-state index contributed by atoms with van der Waals surface area (Å²) in [5, 5.41) is 7.68. The molecule has 1 N–H and O–H groups in total. The quantitative estimate of drug-likeness (QED) is 0.824. The summed E-state index contributed by atoms with van der Waals surface area (Å²) in [5.41, 5.74) is 2.93. The van der Waals surface area contributed by atoms with Gasteiger partial charge in [0.05, 0.1) is 12.8 Å². The number of alkyl halides is 3. The van der Waals surface area contributed by atoms with Crippen molar-refractivity contribution in [2.24, 2.45) is 7.05 Å². The third-order valence-electron chi connectivity index (χ3n) is 3.75. The predicted octanol–water partition coefficient (Wildman–Crippen LogP) is 3.53. The van der Waals surface area contributed by atoms with Crippen LogP contribution in [0, 0.1) is 6.92 Å². The van der Waals surface area contributed by atoms with Crippen molar-refractivity contribution in [2.75, 3.05) is 13.7 Å². The molecule has 1 atom stereocenters. The molecule has 1 aromatic carbocycles. The van der Waals surface area contributed by atoms with Gasteiger partial charge in [-0.05, 0) is 31.5 Å². The maximum absolute atomic E-state index is 12.3. The Kier molecular flexibility index (Phi) is 5.94. The first-order chi connectivity index (χ1) is 11.7. The van der Waals surface area contributed by atoms with Crippen LogP contribution in [0.4, 0.5) is 13.2 Å². The summed E-state index contributed by atoms with van der Waals surface area (Å²) < 4.78 is 48.5. The molecule has 0 radical (unpaired) electrons. The molecular weight excluding hydrogens is 335 g/mol. The van der Waals surface area contributed by atoms with Gasteiger partial charge in [-0.25, -0.2) is 0 Å². The summed E-state index contributed by atoms with van der Waals surface area (Å²) in [5.74, 6) is 0.341. The maximum Gasteiger partial charge on any atom is 0.422 e. The number of halogens is 3. The maximum atomic E-state index is 12.3. The first-order valence-corrected chi connectivity index (χ1v) is 7.79. The number of ether oxygens (including phenoxy) is 2. The number of hydrogen-bond donors (Lipinski definition) is 1. The van der Waals surface area contributed by atoms with Crippen LogP contribution < -0.4 is 14.8 Å². The molecule has 1 unspecified atom stereocenters. The lowest BCUT2D eigenvalue weighted by Crippen LogP contribution is -2.20. The Morgan fingerprint density at radius 3 is 2.56 bits per heavy atom. The highest BCUT2D eigenvalue weighted by atomic mass is 19.4. The number of nitrogens with one attached hydrogen (secondary N) is 1. The molecular formula is C17H22F3N3O2. The summed E-state index contributed by atoms with van der Waals surface area (Å²) in [4.78, 5) is 0. The Balaban J connectivity index is 2.01. The molecule has 8 heteroatoms. The first-order valence-electron chi connectivity index (χ1n) is 7.79. The highest BCUT2D eigenvalue weighted by Gasteiger charge is 2.29. The fourth-order valence-corrected chi connectivity index (χ4v) is 2.52. The van der Waals surface area contributed by atoms with E-state index in [0.29, 0.717) is 6.54 Å². The fourth-order valence-electron chi connectivity index (χ4n) is 2.52. The number of rotatable bonds is 7. The third-order valence-corrected chi connectivity index (χ3v) is 3.75. The van der Waals surface area contributed by atoms with Gasteiger partial charge in [0.15, 0.2) is 18.1 Å². The van der Waals surface area contributed by atoms with E-state index in [0.717, 1.165) is 16.8 Å². The lowest BCUT2D eigenvalue weighted by atomic mass is 10.1. The Morgan fingerprint density at radius 1 is 1.28 bits per heavy atom. The van der Waals surface area contributed by atoms with Gasteiger partial charge in [0.25, 0.3) is 0 Å². The normalized spacial score (nSPS) is 12.9. The van der Waals surface area contributed by atoms with E-state index >= 15 is 0 Å². The monoisotopic (exact) mass is 357 g/mol. The minimum Gasteiger partial charge on any atom is -0.493 e. The van der Waals surface area contributed by atoms with Crippen molar-refractivity contribution < 1.29 is 22.6 Å². The second kappa shape index (κ2) is 7.77. The summed E-state index contributed by atoms with van der Waals surface area (Å²) in [6, 6.07) is 4.95. The Labute approximate surface area is 144 Å².